The van der Waals surface area contributed by atoms with Gasteiger partial charge in [-0.15, -0.1) is 0 Å². The number of para-hydroxylation sites is 1. The van der Waals surface area contributed by atoms with Crippen LogP contribution in [0.2, 0.25) is 0 Å². The third-order valence-electron chi connectivity index (χ3n) is 3.80. The first-order chi connectivity index (χ1) is 12.6. The lowest BCUT2D eigenvalue weighted by atomic mass is 10.1. The first-order valence-corrected chi connectivity index (χ1v) is 7.71. The molecule has 0 atom stereocenters. The average Bonchev–Trinajstić information content (AvgIpc) is 3.08. The van der Waals surface area contributed by atoms with Gasteiger partial charge in [-0.05, 0) is 36.4 Å². The van der Waals surface area contributed by atoms with Crippen molar-refractivity contribution in [2.24, 2.45) is 0 Å². The molecule has 0 aliphatic heterocycles. The molecule has 3 aromatic rings. The van der Waals surface area contributed by atoms with E-state index in [2.05, 4.69) is 5.10 Å². The van der Waals surface area contributed by atoms with E-state index in [0.717, 1.165) is 0 Å². The second kappa shape index (κ2) is 7.10. The minimum atomic E-state index is -0.716. The molecule has 0 unspecified atom stereocenters. The van der Waals surface area contributed by atoms with Gasteiger partial charge in [-0.2, -0.15) is 5.10 Å². The van der Waals surface area contributed by atoms with E-state index in [1.54, 1.807) is 36.4 Å². The highest BCUT2D eigenvalue weighted by atomic mass is 16.5. The largest absolute Gasteiger partial charge is 0.508 e. The molecule has 0 fully saturated rings. The van der Waals surface area contributed by atoms with Gasteiger partial charge in [0.25, 0.3) is 0 Å². The number of rotatable bonds is 4. The van der Waals surface area contributed by atoms with E-state index < -0.39 is 11.9 Å². The topological polar surface area (TPSA) is 90.6 Å². The van der Waals surface area contributed by atoms with Gasteiger partial charge in [-0.25, -0.2) is 14.3 Å². The quantitative estimate of drug-likeness (QED) is 0.726. The van der Waals surface area contributed by atoms with Crippen LogP contribution in [-0.2, 0) is 9.47 Å². The van der Waals surface area contributed by atoms with Crippen molar-refractivity contribution in [2.45, 2.75) is 0 Å². The number of hydrogen-bond acceptors (Lipinski definition) is 6. The summed E-state index contributed by atoms with van der Waals surface area (Å²) in [6, 6.07) is 15.0. The Morgan fingerprint density at radius 3 is 2.12 bits per heavy atom. The minimum Gasteiger partial charge on any atom is -0.508 e. The molecule has 1 aromatic heterocycles. The molecule has 0 spiro atoms. The SMILES string of the molecule is COC(=O)c1c(-c2ccc(O)cc2)nn(-c2ccccc2)c1C(=O)OC. The molecule has 0 radical (unpaired) electrons. The fraction of sp³-hybridized carbons (Fsp3) is 0.105. The van der Waals surface area contributed by atoms with Gasteiger partial charge in [-0.1, -0.05) is 18.2 Å². The van der Waals surface area contributed by atoms with Gasteiger partial charge in [0, 0.05) is 5.56 Å². The number of phenolic OH excluding ortho intramolecular Hbond substituents is 1. The van der Waals surface area contributed by atoms with Crippen molar-refractivity contribution in [3.8, 4) is 22.7 Å². The molecule has 7 heteroatoms. The van der Waals surface area contributed by atoms with E-state index in [9.17, 15) is 14.7 Å². The minimum absolute atomic E-state index is 0.00565. The number of aromatic hydroxyl groups is 1. The molecule has 0 saturated heterocycles. The van der Waals surface area contributed by atoms with E-state index >= 15 is 0 Å². The molecule has 0 bridgehead atoms. The number of benzene rings is 2. The first kappa shape index (κ1) is 17.2. The van der Waals surface area contributed by atoms with Crippen LogP contribution >= 0.6 is 0 Å². The number of esters is 2. The lowest BCUT2D eigenvalue weighted by Crippen LogP contribution is -2.15. The standard InChI is InChI=1S/C19H16N2O5/c1-25-18(23)15-16(12-8-10-14(22)11-9-12)20-21(17(15)19(24)26-2)13-6-4-3-5-7-13/h3-11,22H,1-2H3. The second-order valence-corrected chi connectivity index (χ2v) is 5.35. The molecule has 132 valence electrons. The zero-order valence-corrected chi connectivity index (χ0v) is 14.2. The van der Waals surface area contributed by atoms with E-state index in [-0.39, 0.29) is 22.7 Å². The van der Waals surface area contributed by atoms with Crippen LogP contribution in [-0.4, -0.2) is 41.0 Å². The van der Waals surface area contributed by atoms with E-state index in [1.165, 1.54) is 31.0 Å². The molecule has 1 N–H and O–H groups in total. The highest BCUT2D eigenvalue weighted by Gasteiger charge is 2.31. The maximum Gasteiger partial charge on any atom is 0.357 e. The number of methoxy groups -OCH3 is 2. The van der Waals surface area contributed by atoms with Gasteiger partial charge in [0.05, 0.1) is 19.9 Å². The third-order valence-corrected chi connectivity index (χ3v) is 3.80. The maximum atomic E-state index is 12.4. The van der Waals surface area contributed by atoms with Gasteiger partial charge in [0.1, 0.15) is 17.0 Å². The summed E-state index contributed by atoms with van der Waals surface area (Å²) in [5.74, 6) is -1.36. The number of phenols is 1. The van der Waals surface area contributed by atoms with E-state index in [4.69, 9.17) is 9.47 Å². The Bertz CT molecular complexity index is 946. The zero-order chi connectivity index (χ0) is 18.7. The molecule has 0 aliphatic carbocycles. The monoisotopic (exact) mass is 352 g/mol. The predicted molar refractivity (Wildman–Crippen MR) is 93.3 cm³/mol. The number of aromatic nitrogens is 2. The van der Waals surface area contributed by atoms with Crippen LogP contribution in [0, 0.1) is 0 Å². The third kappa shape index (κ3) is 3.02. The summed E-state index contributed by atoms with van der Waals surface area (Å²) < 4.78 is 11.1. The summed E-state index contributed by atoms with van der Waals surface area (Å²) >= 11 is 0. The molecule has 26 heavy (non-hydrogen) atoms. The first-order valence-electron chi connectivity index (χ1n) is 7.71. The van der Waals surface area contributed by atoms with Crippen LogP contribution in [0.4, 0.5) is 0 Å². The molecule has 0 amide bonds. The van der Waals surface area contributed by atoms with Gasteiger partial charge in [0.15, 0.2) is 5.69 Å². The van der Waals surface area contributed by atoms with Gasteiger partial charge < -0.3 is 14.6 Å². The van der Waals surface area contributed by atoms with Crippen molar-refractivity contribution in [1.29, 1.82) is 0 Å². The normalized spacial score (nSPS) is 10.4. The predicted octanol–water partition coefficient (Wildman–Crippen LogP) is 2.82. The smallest absolute Gasteiger partial charge is 0.357 e. The van der Waals surface area contributed by atoms with Crippen molar-refractivity contribution in [2.75, 3.05) is 14.2 Å². The number of carbonyl (C=O) groups excluding carboxylic acids is 2. The number of nitrogens with zero attached hydrogens (tertiary/aromatic N) is 2. The molecule has 2 aromatic carbocycles. The van der Waals surface area contributed by atoms with Gasteiger partial charge in [-0.3, -0.25) is 0 Å². The maximum absolute atomic E-state index is 12.4. The highest BCUT2D eigenvalue weighted by Crippen LogP contribution is 2.30. The molecule has 7 nitrogen and oxygen atoms in total. The van der Waals surface area contributed by atoms with Crippen LogP contribution in [0.1, 0.15) is 20.8 Å². The lowest BCUT2D eigenvalue weighted by Gasteiger charge is -2.07. The summed E-state index contributed by atoms with van der Waals surface area (Å²) in [6.45, 7) is 0. The highest BCUT2D eigenvalue weighted by molar-refractivity contribution is 6.06. The Morgan fingerprint density at radius 1 is 0.923 bits per heavy atom. The summed E-state index contributed by atoms with van der Waals surface area (Å²) in [5, 5.41) is 14.0. The van der Waals surface area contributed by atoms with Crippen molar-refractivity contribution in [1.82, 2.24) is 9.78 Å². The molecule has 0 aliphatic rings. The molecular formula is C19H16N2O5. The Labute approximate surface area is 149 Å². The number of hydrogen-bond donors (Lipinski definition) is 1. The zero-order valence-electron chi connectivity index (χ0n) is 14.2. The van der Waals surface area contributed by atoms with Crippen LogP contribution in [0.3, 0.4) is 0 Å². The average molecular weight is 352 g/mol. The Balaban J connectivity index is 2.33. The number of carbonyl (C=O) groups is 2. The summed E-state index contributed by atoms with van der Waals surface area (Å²) in [4.78, 5) is 24.8. The Hall–Kier alpha value is -3.61. The number of ether oxygens (including phenoxy) is 2. The van der Waals surface area contributed by atoms with Gasteiger partial charge >= 0.3 is 11.9 Å². The molecule has 1 heterocycles. The molecular weight excluding hydrogens is 336 g/mol. The van der Waals surface area contributed by atoms with E-state index in [0.29, 0.717) is 11.3 Å². The molecule has 0 saturated carbocycles. The lowest BCUT2D eigenvalue weighted by molar-refractivity contribution is 0.0549. The summed E-state index contributed by atoms with van der Waals surface area (Å²) in [5.41, 5.74) is 1.34. The van der Waals surface area contributed by atoms with Crippen molar-refractivity contribution < 1.29 is 24.2 Å². The Morgan fingerprint density at radius 2 is 1.54 bits per heavy atom. The summed E-state index contributed by atoms with van der Waals surface area (Å²) in [6.07, 6.45) is 0. The van der Waals surface area contributed by atoms with E-state index in [1.807, 2.05) is 6.07 Å². The van der Waals surface area contributed by atoms with Crippen LogP contribution < -0.4 is 0 Å². The molecule has 3 rings (SSSR count). The fourth-order valence-electron chi connectivity index (χ4n) is 2.58. The van der Waals surface area contributed by atoms with Gasteiger partial charge in [0.2, 0.25) is 0 Å². The van der Waals surface area contributed by atoms with Crippen LogP contribution in [0.15, 0.2) is 54.6 Å². The summed E-state index contributed by atoms with van der Waals surface area (Å²) in [7, 11) is 2.45. The van der Waals surface area contributed by atoms with Crippen LogP contribution in [0.25, 0.3) is 16.9 Å². The van der Waals surface area contributed by atoms with Crippen molar-refractivity contribution in [3.63, 3.8) is 0 Å². The fourth-order valence-corrected chi connectivity index (χ4v) is 2.58. The second-order valence-electron chi connectivity index (χ2n) is 5.35. The van der Waals surface area contributed by atoms with Crippen molar-refractivity contribution >= 4 is 11.9 Å². The van der Waals surface area contributed by atoms with Crippen LogP contribution in [0.5, 0.6) is 5.75 Å². The van der Waals surface area contributed by atoms with Crippen molar-refractivity contribution in [3.05, 3.63) is 65.9 Å². The Kier molecular flexibility index (Phi) is 4.70.